The van der Waals surface area contributed by atoms with Crippen molar-refractivity contribution in [2.45, 2.75) is 32.2 Å². The number of amides is 1. The number of aryl methyl sites for hydroxylation is 1. The molecular formula is C19H21N5O2. The molecule has 1 aliphatic rings. The molecule has 0 saturated carbocycles. The van der Waals surface area contributed by atoms with E-state index in [0.29, 0.717) is 23.6 Å². The molecule has 1 saturated heterocycles. The molecule has 0 radical (unpaired) electrons. The quantitative estimate of drug-likeness (QED) is 0.760. The SMILES string of the molecule is Cc1noc2ncnc(NC(Cc3ccccc3)C(=O)N3CCCC3)c12. The second-order valence-electron chi connectivity index (χ2n) is 6.59. The van der Waals surface area contributed by atoms with Crippen LogP contribution in [0, 0.1) is 6.92 Å². The number of nitrogens with one attached hydrogen (secondary N) is 1. The summed E-state index contributed by atoms with van der Waals surface area (Å²) in [6, 6.07) is 9.61. The number of anilines is 1. The van der Waals surface area contributed by atoms with E-state index >= 15 is 0 Å². The highest BCUT2D eigenvalue weighted by Crippen LogP contribution is 2.24. The summed E-state index contributed by atoms with van der Waals surface area (Å²) in [6.07, 6.45) is 4.14. The number of aromatic nitrogens is 3. The average molecular weight is 351 g/mol. The molecule has 7 heteroatoms. The van der Waals surface area contributed by atoms with Crippen molar-refractivity contribution >= 4 is 22.8 Å². The molecule has 1 N–H and O–H groups in total. The third-order valence-corrected chi connectivity index (χ3v) is 4.75. The number of hydrogen-bond donors (Lipinski definition) is 1. The average Bonchev–Trinajstić information content (AvgIpc) is 3.32. The number of carbonyl (C=O) groups is 1. The summed E-state index contributed by atoms with van der Waals surface area (Å²) in [5, 5.41) is 8.01. The van der Waals surface area contributed by atoms with Crippen molar-refractivity contribution in [2.75, 3.05) is 18.4 Å². The van der Waals surface area contributed by atoms with E-state index in [-0.39, 0.29) is 5.91 Å². The topological polar surface area (TPSA) is 84.1 Å². The van der Waals surface area contributed by atoms with Gasteiger partial charge in [-0.15, -0.1) is 0 Å². The molecule has 7 nitrogen and oxygen atoms in total. The van der Waals surface area contributed by atoms with E-state index in [0.717, 1.165) is 36.9 Å². The number of fused-ring (bicyclic) bond motifs is 1. The highest BCUT2D eigenvalue weighted by molar-refractivity contribution is 5.91. The van der Waals surface area contributed by atoms with Crippen LogP contribution < -0.4 is 5.32 Å². The predicted molar refractivity (Wildman–Crippen MR) is 97.7 cm³/mol. The van der Waals surface area contributed by atoms with Crippen LogP contribution in [0.4, 0.5) is 5.82 Å². The highest BCUT2D eigenvalue weighted by atomic mass is 16.5. The van der Waals surface area contributed by atoms with Crippen molar-refractivity contribution < 1.29 is 9.32 Å². The van der Waals surface area contributed by atoms with E-state index in [1.165, 1.54) is 6.33 Å². The molecule has 0 aliphatic carbocycles. The molecule has 0 spiro atoms. The normalized spacial score (nSPS) is 15.3. The lowest BCUT2D eigenvalue weighted by Crippen LogP contribution is -2.43. The van der Waals surface area contributed by atoms with E-state index in [1.807, 2.05) is 42.2 Å². The lowest BCUT2D eigenvalue weighted by molar-refractivity contribution is -0.130. The van der Waals surface area contributed by atoms with Crippen molar-refractivity contribution in [1.82, 2.24) is 20.0 Å². The Balaban J connectivity index is 1.65. The minimum absolute atomic E-state index is 0.104. The number of rotatable bonds is 5. The summed E-state index contributed by atoms with van der Waals surface area (Å²) in [5.74, 6) is 0.689. The van der Waals surface area contributed by atoms with Gasteiger partial charge in [0.05, 0.1) is 5.69 Å². The van der Waals surface area contributed by atoms with Crippen LogP contribution in [0.5, 0.6) is 0 Å². The highest BCUT2D eigenvalue weighted by Gasteiger charge is 2.28. The van der Waals surface area contributed by atoms with Gasteiger partial charge in [0.1, 0.15) is 23.6 Å². The first-order valence-corrected chi connectivity index (χ1v) is 8.88. The number of likely N-dealkylation sites (tertiary alicyclic amines) is 1. The Bertz CT molecular complexity index is 903. The van der Waals surface area contributed by atoms with Crippen LogP contribution in [0.2, 0.25) is 0 Å². The van der Waals surface area contributed by atoms with Crippen molar-refractivity contribution in [3.63, 3.8) is 0 Å². The van der Waals surface area contributed by atoms with Crippen LogP contribution in [0.15, 0.2) is 41.2 Å². The fraction of sp³-hybridized carbons (Fsp3) is 0.368. The molecule has 1 atom stereocenters. The van der Waals surface area contributed by atoms with Crippen molar-refractivity contribution in [3.05, 3.63) is 47.9 Å². The summed E-state index contributed by atoms with van der Waals surface area (Å²) < 4.78 is 5.21. The first-order valence-electron chi connectivity index (χ1n) is 8.88. The fourth-order valence-corrected chi connectivity index (χ4v) is 3.40. The summed E-state index contributed by atoms with van der Waals surface area (Å²) in [4.78, 5) is 23.5. The molecule has 26 heavy (non-hydrogen) atoms. The molecule has 1 aliphatic heterocycles. The Morgan fingerprint density at radius 2 is 2.00 bits per heavy atom. The fourth-order valence-electron chi connectivity index (χ4n) is 3.40. The van der Waals surface area contributed by atoms with Crippen LogP contribution >= 0.6 is 0 Å². The molecule has 4 rings (SSSR count). The Morgan fingerprint density at radius 1 is 1.23 bits per heavy atom. The zero-order valence-electron chi connectivity index (χ0n) is 14.7. The van der Waals surface area contributed by atoms with Crippen LogP contribution in [-0.2, 0) is 11.2 Å². The van der Waals surface area contributed by atoms with Gasteiger partial charge in [-0.3, -0.25) is 4.79 Å². The molecule has 134 valence electrons. The lowest BCUT2D eigenvalue weighted by atomic mass is 10.0. The third kappa shape index (κ3) is 3.24. The summed E-state index contributed by atoms with van der Waals surface area (Å²) in [7, 11) is 0. The van der Waals surface area contributed by atoms with Gasteiger partial charge in [-0.05, 0) is 25.3 Å². The van der Waals surface area contributed by atoms with E-state index < -0.39 is 6.04 Å². The zero-order valence-corrected chi connectivity index (χ0v) is 14.7. The van der Waals surface area contributed by atoms with E-state index in [4.69, 9.17) is 4.52 Å². The van der Waals surface area contributed by atoms with Gasteiger partial charge in [-0.1, -0.05) is 35.5 Å². The molecule has 3 heterocycles. The number of hydrogen-bond acceptors (Lipinski definition) is 6. The Kier molecular flexibility index (Phi) is 4.51. The number of carbonyl (C=O) groups excluding carboxylic acids is 1. The van der Waals surface area contributed by atoms with Crippen LogP contribution in [0.25, 0.3) is 11.1 Å². The molecule has 1 unspecified atom stereocenters. The predicted octanol–water partition coefficient (Wildman–Crippen LogP) is 2.57. The first-order chi connectivity index (χ1) is 12.7. The van der Waals surface area contributed by atoms with Gasteiger partial charge in [-0.2, -0.15) is 4.98 Å². The molecule has 1 fully saturated rings. The summed E-state index contributed by atoms with van der Waals surface area (Å²) in [5.41, 5.74) is 2.23. The zero-order chi connectivity index (χ0) is 17.9. The maximum absolute atomic E-state index is 13.1. The molecule has 2 aromatic heterocycles. The third-order valence-electron chi connectivity index (χ3n) is 4.75. The minimum Gasteiger partial charge on any atom is -0.357 e. The van der Waals surface area contributed by atoms with E-state index in [9.17, 15) is 4.79 Å². The Hall–Kier alpha value is -2.96. The summed E-state index contributed by atoms with van der Waals surface area (Å²) >= 11 is 0. The molecular weight excluding hydrogens is 330 g/mol. The van der Waals surface area contributed by atoms with Crippen LogP contribution in [0.3, 0.4) is 0 Å². The van der Waals surface area contributed by atoms with Crippen molar-refractivity contribution in [1.29, 1.82) is 0 Å². The second kappa shape index (κ2) is 7.11. The van der Waals surface area contributed by atoms with E-state index in [1.54, 1.807) is 0 Å². The summed E-state index contributed by atoms with van der Waals surface area (Å²) in [6.45, 7) is 3.48. The van der Waals surface area contributed by atoms with Crippen molar-refractivity contribution in [2.24, 2.45) is 0 Å². The van der Waals surface area contributed by atoms with Crippen LogP contribution in [-0.4, -0.2) is 45.1 Å². The largest absolute Gasteiger partial charge is 0.357 e. The monoisotopic (exact) mass is 351 g/mol. The van der Waals surface area contributed by atoms with E-state index in [2.05, 4.69) is 20.4 Å². The molecule has 1 amide bonds. The van der Waals surface area contributed by atoms with Gasteiger partial charge in [0.2, 0.25) is 5.91 Å². The van der Waals surface area contributed by atoms with Gasteiger partial charge in [0.25, 0.3) is 5.71 Å². The standard InChI is InChI=1S/C19H21N5O2/c1-13-16-17(20-12-21-18(16)26-23-13)22-15(11-14-7-3-2-4-8-14)19(25)24-9-5-6-10-24/h2-4,7-8,12,15H,5-6,9-11H2,1H3,(H,20,21,22). The molecule has 0 bridgehead atoms. The molecule has 1 aromatic carbocycles. The van der Waals surface area contributed by atoms with Gasteiger partial charge < -0.3 is 14.7 Å². The number of nitrogens with zero attached hydrogens (tertiary/aromatic N) is 4. The Labute approximate surface area is 151 Å². The smallest absolute Gasteiger partial charge is 0.263 e. The van der Waals surface area contributed by atoms with Crippen LogP contribution in [0.1, 0.15) is 24.1 Å². The van der Waals surface area contributed by atoms with Gasteiger partial charge in [0, 0.05) is 19.5 Å². The molecule has 3 aromatic rings. The maximum atomic E-state index is 13.1. The minimum atomic E-state index is -0.400. The van der Waals surface area contributed by atoms with Gasteiger partial charge in [-0.25, -0.2) is 4.98 Å². The number of benzene rings is 1. The lowest BCUT2D eigenvalue weighted by Gasteiger charge is -2.24. The second-order valence-corrected chi connectivity index (χ2v) is 6.59. The van der Waals surface area contributed by atoms with Crippen molar-refractivity contribution in [3.8, 4) is 0 Å². The Morgan fingerprint density at radius 3 is 2.77 bits per heavy atom. The van der Waals surface area contributed by atoms with Gasteiger partial charge >= 0.3 is 0 Å². The van der Waals surface area contributed by atoms with Gasteiger partial charge in [0.15, 0.2) is 0 Å². The maximum Gasteiger partial charge on any atom is 0.263 e. The first kappa shape index (κ1) is 16.5.